The summed E-state index contributed by atoms with van der Waals surface area (Å²) in [6.07, 6.45) is 1.47. The first kappa shape index (κ1) is 17.5. The van der Waals surface area contributed by atoms with Crippen molar-refractivity contribution in [3.63, 3.8) is 0 Å². The van der Waals surface area contributed by atoms with Crippen molar-refractivity contribution in [1.82, 2.24) is 9.97 Å². The lowest BCUT2D eigenvalue weighted by molar-refractivity contribution is 0.588. The summed E-state index contributed by atoms with van der Waals surface area (Å²) in [6.45, 7) is 5.88. The average molecular weight is 355 g/mol. The van der Waals surface area contributed by atoms with Gasteiger partial charge < -0.3 is 10.6 Å². The molecule has 0 saturated carbocycles. The van der Waals surface area contributed by atoms with E-state index < -0.39 is 15.1 Å². The molecule has 124 valence electrons. The van der Waals surface area contributed by atoms with Crippen molar-refractivity contribution in [1.29, 1.82) is 0 Å². The Hall–Kier alpha value is -1.86. The highest BCUT2D eigenvalue weighted by molar-refractivity contribution is 7.92. The van der Waals surface area contributed by atoms with E-state index in [4.69, 9.17) is 11.6 Å². The minimum atomic E-state index is -3.43. The average Bonchev–Trinajstić information content (AvgIpc) is 2.51. The molecule has 0 aliphatic heterocycles. The standard InChI is InChI=1S/C15H19ClN4O2S/c1-4-17-15-18-9-11(16)14(20-15)19-12-7-5-6-8-13(12)23(21,22)10(2)3/h5-10H,4H2,1-3H3,(H2,17,18,19,20). The van der Waals surface area contributed by atoms with E-state index in [0.717, 1.165) is 0 Å². The molecule has 0 aliphatic rings. The third kappa shape index (κ3) is 3.92. The van der Waals surface area contributed by atoms with Gasteiger partial charge in [0.15, 0.2) is 15.7 Å². The van der Waals surface area contributed by atoms with Gasteiger partial charge in [-0.3, -0.25) is 0 Å². The first-order chi connectivity index (χ1) is 10.9. The van der Waals surface area contributed by atoms with Crippen molar-refractivity contribution in [2.24, 2.45) is 0 Å². The van der Waals surface area contributed by atoms with Gasteiger partial charge in [0.25, 0.3) is 0 Å². The SMILES string of the molecule is CCNc1ncc(Cl)c(Nc2ccccc2S(=O)(=O)C(C)C)n1. The van der Waals surface area contributed by atoms with Crippen LogP contribution >= 0.6 is 11.6 Å². The molecule has 2 aromatic rings. The molecule has 2 N–H and O–H groups in total. The van der Waals surface area contributed by atoms with Crippen molar-refractivity contribution in [3.8, 4) is 0 Å². The van der Waals surface area contributed by atoms with Crippen LogP contribution in [-0.4, -0.2) is 30.2 Å². The minimum absolute atomic E-state index is 0.217. The molecular formula is C15H19ClN4O2S. The molecule has 6 nitrogen and oxygen atoms in total. The fourth-order valence-electron chi connectivity index (χ4n) is 1.90. The lowest BCUT2D eigenvalue weighted by Crippen LogP contribution is -2.15. The molecule has 0 aliphatic carbocycles. The van der Waals surface area contributed by atoms with Gasteiger partial charge in [-0.2, -0.15) is 4.98 Å². The molecule has 1 aromatic carbocycles. The topological polar surface area (TPSA) is 84.0 Å². The lowest BCUT2D eigenvalue weighted by atomic mass is 10.3. The van der Waals surface area contributed by atoms with Crippen LogP contribution < -0.4 is 10.6 Å². The first-order valence-electron chi connectivity index (χ1n) is 7.22. The predicted octanol–water partition coefficient (Wildman–Crippen LogP) is 3.49. The quantitative estimate of drug-likeness (QED) is 0.826. The summed E-state index contributed by atoms with van der Waals surface area (Å²) in [5.74, 6) is 0.771. The Balaban J connectivity index is 2.44. The van der Waals surface area contributed by atoms with Gasteiger partial charge in [0.05, 0.1) is 22.0 Å². The predicted molar refractivity (Wildman–Crippen MR) is 93.3 cm³/mol. The van der Waals surface area contributed by atoms with Crippen LogP contribution in [0.5, 0.6) is 0 Å². The van der Waals surface area contributed by atoms with Crippen LogP contribution in [0.1, 0.15) is 20.8 Å². The molecule has 0 fully saturated rings. The number of rotatable bonds is 6. The van der Waals surface area contributed by atoms with Gasteiger partial charge in [-0.15, -0.1) is 0 Å². The van der Waals surface area contributed by atoms with Gasteiger partial charge in [-0.1, -0.05) is 23.7 Å². The zero-order chi connectivity index (χ0) is 17.0. The molecule has 1 aromatic heterocycles. The Bertz CT molecular complexity index is 794. The zero-order valence-electron chi connectivity index (χ0n) is 13.2. The molecule has 0 atom stereocenters. The van der Waals surface area contributed by atoms with Crippen molar-refractivity contribution in [3.05, 3.63) is 35.5 Å². The van der Waals surface area contributed by atoms with Crippen LogP contribution in [0.15, 0.2) is 35.4 Å². The highest BCUT2D eigenvalue weighted by Crippen LogP contribution is 2.30. The lowest BCUT2D eigenvalue weighted by Gasteiger charge is -2.15. The van der Waals surface area contributed by atoms with E-state index >= 15 is 0 Å². The summed E-state index contributed by atoms with van der Waals surface area (Å²) in [5.41, 5.74) is 0.434. The van der Waals surface area contributed by atoms with Crippen LogP contribution in [0.25, 0.3) is 0 Å². The molecule has 1 heterocycles. The normalized spacial score (nSPS) is 11.5. The van der Waals surface area contributed by atoms with Gasteiger partial charge in [-0.05, 0) is 32.9 Å². The Kier molecular flexibility index (Phi) is 5.43. The summed E-state index contributed by atoms with van der Waals surface area (Å²) in [5, 5.41) is 5.77. The smallest absolute Gasteiger partial charge is 0.224 e. The van der Waals surface area contributed by atoms with E-state index in [1.54, 1.807) is 38.1 Å². The van der Waals surface area contributed by atoms with Crippen LogP contribution in [0.4, 0.5) is 17.5 Å². The van der Waals surface area contributed by atoms with Gasteiger partial charge in [0.1, 0.15) is 5.02 Å². The molecule has 0 spiro atoms. The number of para-hydroxylation sites is 1. The Morgan fingerprint density at radius 1 is 1.26 bits per heavy atom. The fourth-order valence-corrected chi connectivity index (χ4v) is 3.24. The second-order valence-electron chi connectivity index (χ2n) is 5.14. The van der Waals surface area contributed by atoms with Crippen LogP contribution in [0, 0.1) is 0 Å². The molecule has 0 radical (unpaired) electrons. The number of anilines is 3. The van der Waals surface area contributed by atoms with E-state index in [0.29, 0.717) is 29.0 Å². The summed E-state index contributed by atoms with van der Waals surface area (Å²) < 4.78 is 25.0. The third-order valence-electron chi connectivity index (χ3n) is 3.15. The monoisotopic (exact) mass is 354 g/mol. The second-order valence-corrected chi connectivity index (χ2v) is 8.02. The van der Waals surface area contributed by atoms with Crippen LogP contribution in [0.3, 0.4) is 0 Å². The summed E-state index contributed by atoms with van der Waals surface area (Å²) in [6, 6.07) is 6.69. The Morgan fingerprint density at radius 2 is 1.96 bits per heavy atom. The third-order valence-corrected chi connectivity index (χ3v) is 5.63. The molecule has 0 bridgehead atoms. The van der Waals surface area contributed by atoms with Crippen molar-refractivity contribution in [2.45, 2.75) is 30.9 Å². The first-order valence-corrected chi connectivity index (χ1v) is 9.15. The Labute approximate surface area is 141 Å². The Morgan fingerprint density at radius 3 is 2.61 bits per heavy atom. The minimum Gasteiger partial charge on any atom is -0.354 e. The number of hydrogen-bond donors (Lipinski definition) is 2. The molecular weight excluding hydrogens is 336 g/mol. The van der Waals surface area contributed by atoms with E-state index in [1.807, 2.05) is 6.92 Å². The zero-order valence-corrected chi connectivity index (χ0v) is 14.7. The molecule has 8 heteroatoms. The van der Waals surface area contributed by atoms with Gasteiger partial charge in [0, 0.05) is 6.54 Å². The maximum atomic E-state index is 12.5. The largest absolute Gasteiger partial charge is 0.354 e. The van der Waals surface area contributed by atoms with Gasteiger partial charge in [0.2, 0.25) is 5.95 Å². The van der Waals surface area contributed by atoms with Gasteiger partial charge in [-0.25, -0.2) is 13.4 Å². The van der Waals surface area contributed by atoms with Gasteiger partial charge >= 0.3 is 0 Å². The molecule has 2 rings (SSSR count). The second kappa shape index (κ2) is 7.14. The van der Waals surface area contributed by atoms with E-state index in [-0.39, 0.29) is 4.90 Å². The van der Waals surface area contributed by atoms with E-state index in [1.165, 1.54) is 6.20 Å². The highest BCUT2D eigenvalue weighted by Gasteiger charge is 2.23. The highest BCUT2D eigenvalue weighted by atomic mass is 35.5. The number of nitrogens with one attached hydrogen (secondary N) is 2. The molecule has 0 unspecified atom stereocenters. The summed E-state index contributed by atoms with van der Waals surface area (Å²) >= 11 is 6.11. The van der Waals surface area contributed by atoms with Crippen molar-refractivity contribution >= 4 is 38.9 Å². The fraction of sp³-hybridized carbons (Fsp3) is 0.333. The molecule has 0 amide bonds. The number of nitrogens with zero attached hydrogens (tertiary/aromatic N) is 2. The number of aromatic nitrogens is 2. The summed E-state index contributed by atoms with van der Waals surface area (Å²) in [7, 11) is -3.43. The molecule has 23 heavy (non-hydrogen) atoms. The van der Waals surface area contributed by atoms with E-state index in [2.05, 4.69) is 20.6 Å². The molecule has 0 saturated heterocycles. The van der Waals surface area contributed by atoms with Crippen molar-refractivity contribution < 1.29 is 8.42 Å². The van der Waals surface area contributed by atoms with E-state index in [9.17, 15) is 8.42 Å². The van der Waals surface area contributed by atoms with Crippen LogP contribution in [0.2, 0.25) is 5.02 Å². The van der Waals surface area contributed by atoms with Crippen molar-refractivity contribution in [2.75, 3.05) is 17.2 Å². The maximum absolute atomic E-state index is 12.5. The number of halogens is 1. The summed E-state index contributed by atoms with van der Waals surface area (Å²) in [4.78, 5) is 8.54. The maximum Gasteiger partial charge on any atom is 0.224 e. The van der Waals surface area contributed by atoms with Crippen LogP contribution in [-0.2, 0) is 9.84 Å². The number of hydrogen-bond acceptors (Lipinski definition) is 6. The number of benzene rings is 1. The number of sulfone groups is 1.